The van der Waals surface area contributed by atoms with Crippen molar-refractivity contribution >= 4 is 40.4 Å². The summed E-state index contributed by atoms with van der Waals surface area (Å²) in [4.78, 5) is 29.9. The van der Waals surface area contributed by atoms with Gasteiger partial charge in [0, 0.05) is 36.0 Å². The molecule has 2 N–H and O–H groups in total. The van der Waals surface area contributed by atoms with Crippen LogP contribution in [0.2, 0.25) is 5.02 Å². The van der Waals surface area contributed by atoms with E-state index in [1.807, 2.05) is 31.1 Å². The molecule has 0 saturated heterocycles. The molecule has 0 fully saturated rings. The number of anilines is 2. The largest absolute Gasteiger partial charge is 0.508 e. The van der Waals surface area contributed by atoms with E-state index in [-0.39, 0.29) is 17.7 Å². The Morgan fingerprint density at radius 2 is 1.78 bits per heavy atom. The first-order valence-electron chi connectivity index (χ1n) is 15.2. The Labute approximate surface area is 290 Å². The zero-order chi connectivity index (χ0) is 34.5. The molecule has 0 saturated carbocycles. The molecule has 49 heavy (non-hydrogen) atoms. The summed E-state index contributed by atoms with van der Waals surface area (Å²) in [5.41, 5.74) is 3.66. The van der Waals surface area contributed by atoms with Crippen LogP contribution in [0.15, 0.2) is 97.2 Å². The number of nitrogens with one attached hydrogen (secondary N) is 1. The molecule has 0 unspecified atom stereocenters. The normalized spacial score (nSPS) is 11.1. The summed E-state index contributed by atoms with van der Waals surface area (Å²) in [6.45, 7) is 1.25. The van der Waals surface area contributed by atoms with E-state index < -0.39 is 17.4 Å². The monoisotopic (exact) mass is 697 g/mol. The number of aromatic hydroxyl groups is 1. The zero-order valence-electron chi connectivity index (χ0n) is 26.5. The molecule has 0 bridgehead atoms. The minimum Gasteiger partial charge on any atom is -0.508 e. The van der Waals surface area contributed by atoms with Gasteiger partial charge in [0.05, 0.1) is 26.9 Å². The molecule has 2 heterocycles. The number of phenolic OH excluding ortho intramolecular Hbond substituents is 1. The number of rotatable bonds is 12. The van der Waals surface area contributed by atoms with E-state index in [9.17, 15) is 18.7 Å². The second-order valence-electron chi connectivity index (χ2n) is 11.4. The summed E-state index contributed by atoms with van der Waals surface area (Å²) >= 11 is 7.90. The molecule has 2 aromatic heterocycles. The molecular weight excluding hydrogens is 668 g/mol. The van der Waals surface area contributed by atoms with E-state index in [1.54, 1.807) is 66.9 Å². The Balaban J connectivity index is 1.32. The van der Waals surface area contributed by atoms with Gasteiger partial charge in [-0.3, -0.25) is 4.79 Å². The van der Waals surface area contributed by atoms with Gasteiger partial charge in [0.1, 0.15) is 34.7 Å². The third-order valence-corrected chi connectivity index (χ3v) is 8.83. The zero-order valence-corrected chi connectivity index (χ0v) is 28.0. The number of nitrogens with zero attached hydrogens (tertiary/aromatic N) is 4. The van der Waals surface area contributed by atoms with Crippen molar-refractivity contribution in [3.8, 4) is 43.9 Å². The maximum absolute atomic E-state index is 14.3. The van der Waals surface area contributed by atoms with Crippen LogP contribution in [0.3, 0.4) is 0 Å². The number of likely N-dealkylation sites (N-methyl/N-ethyl adjacent to an activating group) is 1. The molecular formula is C37H30ClF2N5O3S. The predicted molar refractivity (Wildman–Crippen MR) is 189 cm³/mol. The summed E-state index contributed by atoms with van der Waals surface area (Å²) in [5.74, 6) is -0.968. The number of benzene rings is 4. The molecule has 0 aliphatic heterocycles. The number of Topliss-reactive ketones (excluding diaryl/α,β-unsaturated/α-hetero) is 1. The van der Waals surface area contributed by atoms with Gasteiger partial charge < -0.3 is 20.1 Å². The van der Waals surface area contributed by atoms with E-state index in [4.69, 9.17) is 26.3 Å². The smallest absolute Gasteiger partial charge is 0.227 e. The van der Waals surface area contributed by atoms with Gasteiger partial charge in [0.2, 0.25) is 5.95 Å². The van der Waals surface area contributed by atoms with Gasteiger partial charge in [0.15, 0.2) is 5.78 Å². The van der Waals surface area contributed by atoms with Gasteiger partial charge in [-0.1, -0.05) is 29.8 Å². The fourth-order valence-electron chi connectivity index (χ4n) is 4.95. The highest BCUT2D eigenvalue weighted by molar-refractivity contribution is 7.18. The SMILES string of the molecule is CN(C)CCOc1ccc(Nc2nccc(-c3sc(-c4ccc(O)cc4)nc3-c3cccc(CC(=O)c4cc(F)ccc4F)c3)n2)cc1Cl. The van der Waals surface area contributed by atoms with E-state index in [1.165, 1.54) is 11.3 Å². The molecule has 12 heteroatoms. The molecule has 0 radical (unpaired) electrons. The lowest BCUT2D eigenvalue weighted by Crippen LogP contribution is -2.19. The van der Waals surface area contributed by atoms with Crippen molar-refractivity contribution < 1.29 is 23.4 Å². The average Bonchev–Trinajstić information content (AvgIpc) is 3.53. The molecule has 4 aromatic carbocycles. The van der Waals surface area contributed by atoms with Crippen molar-refractivity contribution in [2.45, 2.75) is 6.42 Å². The topological polar surface area (TPSA) is 100 Å². The van der Waals surface area contributed by atoms with Crippen molar-refractivity contribution in [2.24, 2.45) is 0 Å². The molecule has 8 nitrogen and oxygen atoms in total. The van der Waals surface area contributed by atoms with Crippen LogP contribution in [0.4, 0.5) is 20.4 Å². The summed E-state index contributed by atoms with van der Waals surface area (Å²) in [6, 6.07) is 23.9. The Morgan fingerprint density at radius 1 is 0.959 bits per heavy atom. The fourth-order valence-corrected chi connectivity index (χ4v) is 6.24. The quantitative estimate of drug-likeness (QED) is 0.123. The standard InChI is InChI=1S/C37H30ClF2N5O3S/c1-45(2)16-17-48-33-13-9-26(21-29(33)38)42-37-41-15-14-31(43-37)35-34(44-36(49-35)23-6-10-27(46)11-7-23)24-5-3-4-22(18-24)19-32(47)28-20-25(39)8-12-30(28)40/h3-15,18,20-21,46H,16-17,19H2,1-2H3,(H,41,42,43). The van der Waals surface area contributed by atoms with Crippen LogP contribution < -0.4 is 10.1 Å². The molecule has 0 atom stereocenters. The van der Waals surface area contributed by atoms with Crippen LogP contribution in [0, 0.1) is 11.6 Å². The lowest BCUT2D eigenvalue weighted by atomic mass is 9.99. The van der Waals surface area contributed by atoms with Crippen LogP contribution in [-0.4, -0.2) is 58.0 Å². The predicted octanol–water partition coefficient (Wildman–Crippen LogP) is 8.68. The second kappa shape index (κ2) is 14.9. The summed E-state index contributed by atoms with van der Waals surface area (Å²) in [7, 11) is 3.94. The summed E-state index contributed by atoms with van der Waals surface area (Å²) < 4.78 is 33.9. The van der Waals surface area contributed by atoms with Crippen LogP contribution in [0.5, 0.6) is 11.5 Å². The molecule has 0 aliphatic carbocycles. The number of halogens is 3. The minimum absolute atomic E-state index is 0.132. The highest BCUT2D eigenvalue weighted by Crippen LogP contribution is 2.41. The van der Waals surface area contributed by atoms with Crippen molar-refractivity contribution in [2.75, 3.05) is 32.6 Å². The van der Waals surface area contributed by atoms with Gasteiger partial charge >= 0.3 is 0 Å². The van der Waals surface area contributed by atoms with Gasteiger partial charge in [0.25, 0.3) is 0 Å². The number of aromatic nitrogens is 3. The van der Waals surface area contributed by atoms with Crippen molar-refractivity contribution in [1.29, 1.82) is 0 Å². The molecule has 0 amide bonds. The molecule has 6 aromatic rings. The highest BCUT2D eigenvalue weighted by atomic mass is 35.5. The number of carbonyl (C=O) groups is 1. The Bertz CT molecular complexity index is 2120. The average molecular weight is 698 g/mol. The lowest BCUT2D eigenvalue weighted by Gasteiger charge is -2.13. The third-order valence-electron chi connectivity index (χ3n) is 7.41. The first-order valence-corrected chi connectivity index (χ1v) is 16.4. The Kier molecular flexibility index (Phi) is 10.2. The van der Waals surface area contributed by atoms with E-state index in [0.717, 1.165) is 35.2 Å². The third kappa shape index (κ3) is 8.26. The van der Waals surface area contributed by atoms with E-state index in [0.29, 0.717) is 56.5 Å². The second-order valence-corrected chi connectivity index (χ2v) is 12.8. The molecule has 0 aliphatic rings. The summed E-state index contributed by atoms with van der Waals surface area (Å²) in [6.07, 6.45) is 1.50. The van der Waals surface area contributed by atoms with Crippen molar-refractivity contribution in [3.05, 3.63) is 125 Å². The molecule has 0 spiro atoms. The Morgan fingerprint density at radius 3 is 2.55 bits per heavy atom. The van der Waals surface area contributed by atoms with Crippen LogP contribution >= 0.6 is 22.9 Å². The summed E-state index contributed by atoms with van der Waals surface area (Å²) in [5, 5.41) is 14.2. The Hall–Kier alpha value is -5.23. The maximum atomic E-state index is 14.3. The fraction of sp³-hybridized carbons (Fsp3) is 0.135. The number of thiazole rings is 1. The van der Waals surface area contributed by atoms with Crippen LogP contribution in [0.1, 0.15) is 15.9 Å². The molecule has 6 rings (SSSR count). The number of hydrogen-bond donors (Lipinski definition) is 2. The number of phenols is 1. The number of hydrogen-bond acceptors (Lipinski definition) is 9. The van der Waals surface area contributed by atoms with E-state index >= 15 is 0 Å². The highest BCUT2D eigenvalue weighted by Gasteiger charge is 2.20. The van der Waals surface area contributed by atoms with Gasteiger partial charge in [-0.2, -0.15) is 0 Å². The van der Waals surface area contributed by atoms with Gasteiger partial charge in [-0.15, -0.1) is 11.3 Å². The number of ketones is 1. The van der Waals surface area contributed by atoms with Crippen molar-refractivity contribution in [3.63, 3.8) is 0 Å². The van der Waals surface area contributed by atoms with E-state index in [2.05, 4.69) is 10.3 Å². The first kappa shape index (κ1) is 33.7. The van der Waals surface area contributed by atoms with Gasteiger partial charge in [-0.25, -0.2) is 23.7 Å². The first-order chi connectivity index (χ1) is 23.6. The van der Waals surface area contributed by atoms with Crippen molar-refractivity contribution in [1.82, 2.24) is 19.9 Å². The number of ether oxygens (including phenoxy) is 1. The number of carbonyl (C=O) groups excluding carboxylic acids is 1. The van der Waals surface area contributed by atoms with Crippen LogP contribution in [0.25, 0.3) is 32.4 Å². The lowest BCUT2D eigenvalue weighted by molar-refractivity contribution is 0.0988. The minimum atomic E-state index is -0.775. The van der Waals surface area contributed by atoms with Gasteiger partial charge in [-0.05, 0) is 92.5 Å². The maximum Gasteiger partial charge on any atom is 0.227 e. The van der Waals surface area contributed by atoms with Crippen LogP contribution in [-0.2, 0) is 6.42 Å². The molecule has 248 valence electrons.